The van der Waals surface area contributed by atoms with Crippen LogP contribution in [0.5, 0.6) is 17.2 Å². The second kappa shape index (κ2) is 11.3. The lowest BCUT2D eigenvalue weighted by molar-refractivity contribution is -0.384. The lowest BCUT2D eigenvalue weighted by Gasteiger charge is -2.13. The summed E-state index contributed by atoms with van der Waals surface area (Å²) < 4.78 is 43.7. The summed E-state index contributed by atoms with van der Waals surface area (Å²) in [6, 6.07) is 11.8. The SMILES string of the molecule is COc1ccc(/C=N/Nc2ccc(S(=O)(=O)Nc3ccccc3C(=O)O)cc2[N+](=O)[O-])c(OC)c1OC. The highest BCUT2D eigenvalue weighted by molar-refractivity contribution is 7.92. The van der Waals surface area contributed by atoms with Crippen LogP contribution in [0.25, 0.3) is 0 Å². The van der Waals surface area contributed by atoms with Gasteiger partial charge in [0.15, 0.2) is 11.5 Å². The van der Waals surface area contributed by atoms with Crippen LogP contribution >= 0.6 is 0 Å². The smallest absolute Gasteiger partial charge is 0.337 e. The number of carboxylic acids is 1. The number of carbonyl (C=O) groups is 1. The van der Waals surface area contributed by atoms with Crippen molar-refractivity contribution >= 4 is 39.3 Å². The first-order chi connectivity index (χ1) is 17.6. The molecule has 0 aliphatic heterocycles. The molecule has 0 atom stereocenters. The standard InChI is InChI=1S/C23H22N4O9S/c1-34-20-11-8-14(21(35-2)22(20)36-3)13-24-25-18-10-9-15(12-19(18)27(30)31)37(32,33)26-17-7-5-4-6-16(17)23(28)29/h4-13,25-26H,1-3H3,(H,28,29)/b24-13+. The van der Waals surface area contributed by atoms with Crippen LogP contribution in [0.15, 0.2) is 64.6 Å². The van der Waals surface area contributed by atoms with E-state index in [0.29, 0.717) is 22.8 Å². The topological polar surface area (TPSA) is 179 Å². The molecule has 0 amide bonds. The molecule has 3 N–H and O–H groups in total. The molecule has 194 valence electrons. The first kappa shape index (κ1) is 26.7. The van der Waals surface area contributed by atoms with E-state index in [-0.39, 0.29) is 16.9 Å². The van der Waals surface area contributed by atoms with Gasteiger partial charge >= 0.3 is 5.97 Å². The molecule has 13 nitrogen and oxygen atoms in total. The van der Waals surface area contributed by atoms with Crippen molar-refractivity contribution in [2.24, 2.45) is 5.10 Å². The molecule has 0 aromatic heterocycles. The number of hydrazone groups is 1. The van der Waals surface area contributed by atoms with Gasteiger partial charge in [0.2, 0.25) is 5.75 Å². The van der Waals surface area contributed by atoms with Crippen molar-refractivity contribution in [2.75, 3.05) is 31.5 Å². The van der Waals surface area contributed by atoms with Gasteiger partial charge in [-0.3, -0.25) is 20.3 Å². The monoisotopic (exact) mass is 530 g/mol. The van der Waals surface area contributed by atoms with Crippen molar-refractivity contribution in [3.8, 4) is 17.2 Å². The van der Waals surface area contributed by atoms with Gasteiger partial charge in [-0.25, -0.2) is 13.2 Å². The van der Waals surface area contributed by atoms with E-state index in [2.05, 4.69) is 15.2 Å². The Morgan fingerprint density at radius 1 is 1.00 bits per heavy atom. The summed E-state index contributed by atoms with van der Waals surface area (Å²) in [5.74, 6) is -0.271. The molecule has 0 aliphatic carbocycles. The van der Waals surface area contributed by atoms with E-state index < -0.39 is 31.5 Å². The number of methoxy groups -OCH3 is 3. The van der Waals surface area contributed by atoms with E-state index in [9.17, 15) is 28.4 Å². The maximum atomic E-state index is 12.8. The number of rotatable bonds is 11. The van der Waals surface area contributed by atoms with Gasteiger partial charge in [-0.05, 0) is 36.4 Å². The third kappa shape index (κ3) is 5.87. The van der Waals surface area contributed by atoms with Gasteiger partial charge in [0, 0.05) is 11.6 Å². The number of hydrogen-bond acceptors (Lipinski definition) is 10. The summed E-state index contributed by atoms with van der Waals surface area (Å²) in [7, 11) is -0.0232. The molecule has 0 radical (unpaired) electrons. The number of anilines is 2. The minimum absolute atomic E-state index is 0.0921. The maximum absolute atomic E-state index is 12.8. The highest BCUT2D eigenvalue weighted by atomic mass is 32.2. The third-order valence-corrected chi connectivity index (χ3v) is 6.36. The van der Waals surface area contributed by atoms with E-state index in [1.165, 1.54) is 57.9 Å². The summed E-state index contributed by atoms with van der Waals surface area (Å²) >= 11 is 0. The molecule has 14 heteroatoms. The number of nitro benzene ring substituents is 1. The Hall–Kier alpha value is -4.85. The van der Waals surface area contributed by atoms with Crippen LogP contribution in [-0.4, -0.2) is 52.0 Å². The first-order valence-electron chi connectivity index (χ1n) is 10.3. The zero-order chi connectivity index (χ0) is 27.2. The fourth-order valence-corrected chi connectivity index (χ4v) is 4.38. The van der Waals surface area contributed by atoms with Crippen LogP contribution in [0.2, 0.25) is 0 Å². The van der Waals surface area contributed by atoms with Crippen LogP contribution in [0.3, 0.4) is 0 Å². The Bertz CT molecular complexity index is 1470. The summed E-state index contributed by atoms with van der Waals surface area (Å²) in [5, 5.41) is 24.9. The lowest BCUT2D eigenvalue weighted by Crippen LogP contribution is -2.16. The predicted octanol–water partition coefficient (Wildman–Crippen LogP) is 3.57. The molecule has 3 rings (SSSR count). The molecule has 0 bridgehead atoms. The zero-order valence-corrected chi connectivity index (χ0v) is 20.6. The van der Waals surface area contributed by atoms with Gasteiger partial charge in [0.05, 0.1) is 48.6 Å². The van der Waals surface area contributed by atoms with Crippen LogP contribution < -0.4 is 24.4 Å². The van der Waals surface area contributed by atoms with Gasteiger partial charge in [-0.15, -0.1) is 0 Å². The molecule has 0 spiro atoms. The summed E-state index contributed by atoms with van der Waals surface area (Å²) in [4.78, 5) is 21.8. The highest BCUT2D eigenvalue weighted by Gasteiger charge is 2.23. The van der Waals surface area contributed by atoms with E-state index >= 15 is 0 Å². The molecule has 3 aromatic carbocycles. The number of nitrogens with zero attached hydrogens (tertiary/aromatic N) is 2. The number of aromatic carboxylic acids is 1. The lowest BCUT2D eigenvalue weighted by atomic mass is 10.2. The number of nitro groups is 1. The molecule has 0 heterocycles. The Balaban J connectivity index is 1.90. The van der Waals surface area contributed by atoms with E-state index in [1.807, 2.05) is 0 Å². The number of sulfonamides is 1. The number of nitrogens with one attached hydrogen (secondary N) is 2. The average molecular weight is 531 g/mol. The van der Waals surface area contributed by atoms with Gasteiger partial charge in [0.25, 0.3) is 15.7 Å². The van der Waals surface area contributed by atoms with Crippen molar-refractivity contribution in [3.05, 3.63) is 75.8 Å². The Morgan fingerprint density at radius 3 is 2.32 bits per heavy atom. The molecular formula is C23H22N4O9S. The predicted molar refractivity (Wildman–Crippen MR) is 135 cm³/mol. The van der Waals surface area contributed by atoms with Gasteiger partial charge < -0.3 is 19.3 Å². The average Bonchev–Trinajstić information content (AvgIpc) is 2.88. The number of ether oxygens (including phenoxy) is 3. The minimum Gasteiger partial charge on any atom is -0.493 e. The molecule has 0 unspecified atom stereocenters. The molecular weight excluding hydrogens is 508 g/mol. The maximum Gasteiger partial charge on any atom is 0.337 e. The van der Waals surface area contributed by atoms with Crippen molar-refractivity contribution in [1.29, 1.82) is 0 Å². The quantitative estimate of drug-likeness (QED) is 0.188. The molecule has 37 heavy (non-hydrogen) atoms. The van der Waals surface area contributed by atoms with Crippen LogP contribution in [0.4, 0.5) is 17.1 Å². The molecule has 0 aliphatic rings. The highest BCUT2D eigenvalue weighted by Crippen LogP contribution is 2.39. The second-order valence-electron chi connectivity index (χ2n) is 7.19. The summed E-state index contributed by atoms with van der Waals surface area (Å²) in [5.41, 5.74) is 1.85. The largest absolute Gasteiger partial charge is 0.493 e. The van der Waals surface area contributed by atoms with Gasteiger partial charge in [-0.1, -0.05) is 12.1 Å². The van der Waals surface area contributed by atoms with Crippen LogP contribution in [0.1, 0.15) is 15.9 Å². The van der Waals surface area contributed by atoms with Gasteiger partial charge in [-0.2, -0.15) is 5.10 Å². The van der Waals surface area contributed by atoms with Gasteiger partial charge in [0.1, 0.15) is 5.69 Å². The summed E-state index contributed by atoms with van der Waals surface area (Å²) in [6.45, 7) is 0. The van der Waals surface area contributed by atoms with Crippen LogP contribution in [0, 0.1) is 10.1 Å². The van der Waals surface area contributed by atoms with E-state index in [1.54, 1.807) is 12.1 Å². The van der Waals surface area contributed by atoms with E-state index in [0.717, 1.165) is 12.1 Å². The fraction of sp³-hybridized carbons (Fsp3) is 0.130. The Labute approximate surface area is 211 Å². The molecule has 0 saturated heterocycles. The zero-order valence-electron chi connectivity index (χ0n) is 19.8. The molecule has 0 saturated carbocycles. The first-order valence-corrected chi connectivity index (χ1v) is 11.8. The number of carboxylic acid groups (broad SMARTS) is 1. The normalized spacial score (nSPS) is 11.1. The van der Waals surface area contributed by atoms with Crippen molar-refractivity contribution in [1.82, 2.24) is 0 Å². The van der Waals surface area contributed by atoms with Crippen molar-refractivity contribution < 1.29 is 37.5 Å². The number of hydrogen-bond donors (Lipinski definition) is 3. The fourth-order valence-electron chi connectivity index (χ4n) is 3.28. The van der Waals surface area contributed by atoms with E-state index in [4.69, 9.17) is 14.2 Å². The number of benzene rings is 3. The summed E-state index contributed by atoms with van der Waals surface area (Å²) in [6.07, 6.45) is 1.33. The molecule has 3 aromatic rings. The van der Waals surface area contributed by atoms with Crippen molar-refractivity contribution in [2.45, 2.75) is 4.90 Å². The Morgan fingerprint density at radius 2 is 1.70 bits per heavy atom. The molecule has 0 fully saturated rings. The van der Waals surface area contributed by atoms with Crippen LogP contribution in [-0.2, 0) is 10.0 Å². The third-order valence-electron chi connectivity index (χ3n) is 5.00. The number of para-hydroxylation sites is 1. The second-order valence-corrected chi connectivity index (χ2v) is 8.87. The van der Waals surface area contributed by atoms with Crippen molar-refractivity contribution in [3.63, 3.8) is 0 Å². The Kier molecular flexibility index (Phi) is 8.14. The minimum atomic E-state index is -4.36.